The Morgan fingerprint density at radius 2 is 2.30 bits per heavy atom. The molecule has 2 rings (SSSR count). The van der Waals surface area contributed by atoms with Crippen molar-refractivity contribution in [1.29, 1.82) is 0 Å². The third-order valence-corrected chi connectivity index (χ3v) is 3.12. The van der Waals surface area contributed by atoms with E-state index in [4.69, 9.17) is 4.74 Å². The third kappa shape index (κ3) is 3.38. The third-order valence-electron chi connectivity index (χ3n) is 2.26. The molecule has 2 aromatic rings. The van der Waals surface area contributed by atoms with Gasteiger partial charge in [-0.1, -0.05) is 11.3 Å². The van der Waals surface area contributed by atoms with E-state index in [0.717, 1.165) is 18.7 Å². The van der Waals surface area contributed by atoms with Gasteiger partial charge in [-0.05, 0) is 19.1 Å². The maximum atomic E-state index is 13.0. The van der Waals surface area contributed by atoms with Crippen molar-refractivity contribution >= 4 is 22.2 Å². The van der Waals surface area contributed by atoms with Crippen molar-refractivity contribution in [2.45, 2.75) is 13.5 Å². The largest absolute Gasteiger partial charge is 0.479 e. The van der Waals surface area contributed by atoms with Gasteiger partial charge < -0.3 is 10.1 Å². The first-order valence-corrected chi connectivity index (χ1v) is 6.54. The molecule has 9 heteroatoms. The monoisotopic (exact) mass is 298 g/mol. The first-order valence-electron chi connectivity index (χ1n) is 5.73. The van der Waals surface area contributed by atoms with Crippen molar-refractivity contribution in [2.24, 2.45) is 0 Å². The summed E-state index contributed by atoms with van der Waals surface area (Å²) in [5, 5.41) is 22.8. The molecule has 1 aromatic heterocycles. The van der Waals surface area contributed by atoms with Crippen LogP contribution in [-0.4, -0.2) is 21.7 Å². The van der Waals surface area contributed by atoms with Crippen LogP contribution < -0.4 is 10.1 Å². The Morgan fingerprint density at radius 3 is 3.00 bits per heavy atom. The normalized spacial score (nSPS) is 10.3. The molecule has 0 atom stereocenters. The van der Waals surface area contributed by atoms with Crippen LogP contribution in [-0.2, 0) is 6.61 Å². The second-order valence-electron chi connectivity index (χ2n) is 3.69. The average molecular weight is 298 g/mol. The van der Waals surface area contributed by atoms with Crippen LogP contribution in [0.15, 0.2) is 18.2 Å². The molecule has 0 aliphatic carbocycles. The predicted octanol–water partition coefficient (Wildman–Crippen LogP) is 2.60. The Hall–Kier alpha value is -2.29. The van der Waals surface area contributed by atoms with E-state index in [1.54, 1.807) is 0 Å². The lowest BCUT2D eigenvalue weighted by molar-refractivity contribution is -0.386. The van der Waals surface area contributed by atoms with Gasteiger partial charge in [-0.15, -0.1) is 10.2 Å². The number of ether oxygens (including phenoxy) is 1. The zero-order chi connectivity index (χ0) is 14.5. The molecule has 0 aliphatic heterocycles. The number of benzene rings is 1. The molecule has 0 bridgehead atoms. The molecule has 0 aliphatic rings. The highest BCUT2D eigenvalue weighted by Crippen LogP contribution is 2.28. The van der Waals surface area contributed by atoms with Crippen LogP contribution in [0, 0.1) is 15.9 Å². The number of halogens is 1. The number of hydrogen-bond acceptors (Lipinski definition) is 7. The molecule has 0 spiro atoms. The molecule has 20 heavy (non-hydrogen) atoms. The zero-order valence-electron chi connectivity index (χ0n) is 10.5. The van der Waals surface area contributed by atoms with Crippen LogP contribution in [0.25, 0.3) is 0 Å². The molecule has 0 radical (unpaired) electrons. The van der Waals surface area contributed by atoms with Crippen LogP contribution in [0.4, 0.5) is 15.2 Å². The maximum Gasteiger partial charge on any atom is 0.313 e. The molecule has 0 unspecified atom stereocenters. The fraction of sp³-hybridized carbons (Fsp3) is 0.273. The van der Waals surface area contributed by atoms with E-state index in [-0.39, 0.29) is 12.4 Å². The summed E-state index contributed by atoms with van der Waals surface area (Å²) in [6.07, 6.45) is 0. The Bertz CT molecular complexity index is 619. The summed E-state index contributed by atoms with van der Waals surface area (Å²) >= 11 is 1.29. The number of nitro benzene ring substituents is 1. The lowest BCUT2D eigenvalue weighted by Gasteiger charge is -2.04. The molecule has 0 saturated heterocycles. The van der Waals surface area contributed by atoms with Crippen molar-refractivity contribution < 1.29 is 14.1 Å². The molecular formula is C11H11FN4O3S. The van der Waals surface area contributed by atoms with E-state index in [2.05, 4.69) is 15.5 Å². The van der Waals surface area contributed by atoms with Crippen LogP contribution in [0.3, 0.4) is 0 Å². The minimum Gasteiger partial charge on any atom is -0.479 e. The van der Waals surface area contributed by atoms with Gasteiger partial charge in [0.15, 0.2) is 10.8 Å². The van der Waals surface area contributed by atoms with Gasteiger partial charge in [0.25, 0.3) is 0 Å². The Labute approximate surface area is 117 Å². The quantitative estimate of drug-likeness (QED) is 0.651. The van der Waals surface area contributed by atoms with Gasteiger partial charge >= 0.3 is 5.69 Å². The molecule has 0 saturated carbocycles. The number of aromatic nitrogens is 2. The van der Waals surface area contributed by atoms with Crippen LogP contribution in [0.2, 0.25) is 0 Å². The number of anilines is 1. The number of nitrogens with zero attached hydrogens (tertiary/aromatic N) is 3. The Kier molecular flexibility index (Phi) is 4.41. The smallest absolute Gasteiger partial charge is 0.313 e. The average Bonchev–Trinajstić information content (AvgIpc) is 2.85. The molecule has 106 valence electrons. The SMILES string of the molecule is CCNc1nnc(COc2ccc(F)cc2[N+](=O)[O-])s1. The van der Waals surface area contributed by atoms with Crippen LogP contribution in [0.5, 0.6) is 5.75 Å². The number of rotatable bonds is 6. The molecular weight excluding hydrogens is 287 g/mol. The fourth-order valence-corrected chi connectivity index (χ4v) is 2.15. The van der Waals surface area contributed by atoms with E-state index < -0.39 is 16.4 Å². The highest BCUT2D eigenvalue weighted by atomic mass is 32.1. The molecule has 0 amide bonds. The fourth-order valence-electron chi connectivity index (χ4n) is 1.43. The minimum absolute atomic E-state index is 0.00315. The molecule has 7 nitrogen and oxygen atoms in total. The van der Waals surface area contributed by atoms with E-state index in [0.29, 0.717) is 10.1 Å². The predicted molar refractivity (Wildman–Crippen MR) is 71.5 cm³/mol. The van der Waals surface area contributed by atoms with Crippen molar-refractivity contribution in [3.8, 4) is 5.75 Å². The highest BCUT2D eigenvalue weighted by molar-refractivity contribution is 7.15. The van der Waals surface area contributed by atoms with E-state index in [1.807, 2.05) is 6.92 Å². The van der Waals surface area contributed by atoms with Crippen molar-refractivity contribution in [1.82, 2.24) is 10.2 Å². The molecule has 1 heterocycles. The van der Waals surface area contributed by atoms with E-state index in [1.165, 1.54) is 17.4 Å². The molecule has 0 fully saturated rings. The summed E-state index contributed by atoms with van der Waals surface area (Å²) in [5.74, 6) is -0.689. The highest BCUT2D eigenvalue weighted by Gasteiger charge is 2.17. The maximum absolute atomic E-state index is 13.0. The van der Waals surface area contributed by atoms with Crippen molar-refractivity contribution in [3.63, 3.8) is 0 Å². The number of nitrogens with one attached hydrogen (secondary N) is 1. The Balaban J connectivity index is 2.08. The van der Waals surface area contributed by atoms with Gasteiger partial charge in [-0.2, -0.15) is 0 Å². The van der Waals surface area contributed by atoms with Gasteiger partial charge in [-0.3, -0.25) is 10.1 Å². The second kappa shape index (κ2) is 6.24. The summed E-state index contributed by atoms with van der Waals surface area (Å²) in [7, 11) is 0. The van der Waals surface area contributed by atoms with Gasteiger partial charge in [0.1, 0.15) is 12.4 Å². The summed E-state index contributed by atoms with van der Waals surface area (Å²) < 4.78 is 18.3. The van der Waals surface area contributed by atoms with E-state index >= 15 is 0 Å². The van der Waals surface area contributed by atoms with Crippen LogP contribution in [0.1, 0.15) is 11.9 Å². The second-order valence-corrected chi connectivity index (χ2v) is 4.75. The minimum atomic E-state index is -0.692. The van der Waals surface area contributed by atoms with Crippen LogP contribution >= 0.6 is 11.3 Å². The lowest BCUT2D eigenvalue weighted by atomic mass is 10.3. The zero-order valence-corrected chi connectivity index (χ0v) is 11.3. The van der Waals surface area contributed by atoms with Gasteiger partial charge in [0, 0.05) is 6.54 Å². The topological polar surface area (TPSA) is 90.2 Å². The molecule has 1 N–H and O–H groups in total. The van der Waals surface area contributed by atoms with Crippen molar-refractivity contribution in [2.75, 3.05) is 11.9 Å². The number of hydrogen-bond donors (Lipinski definition) is 1. The summed E-state index contributed by atoms with van der Waals surface area (Å²) in [6, 6.07) is 3.14. The van der Waals surface area contributed by atoms with Gasteiger partial charge in [0.05, 0.1) is 11.0 Å². The Morgan fingerprint density at radius 1 is 1.50 bits per heavy atom. The summed E-state index contributed by atoms with van der Waals surface area (Å²) in [4.78, 5) is 10.1. The summed E-state index contributed by atoms with van der Waals surface area (Å²) in [6.45, 7) is 2.69. The lowest BCUT2D eigenvalue weighted by Crippen LogP contribution is -1.99. The standard InChI is InChI=1S/C11H11FN4O3S/c1-2-13-11-15-14-10(20-11)6-19-9-4-3-7(12)5-8(9)16(17)18/h3-5H,2,6H2,1H3,(H,13,15). The first kappa shape index (κ1) is 14.1. The summed E-state index contributed by atoms with van der Waals surface area (Å²) in [5.41, 5.74) is -0.415. The van der Waals surface area contributed by atoms with Gasteiger partial charge in [0.2, 0.25) is 5.13 Å². The number of nitro groups is 1. The molecule has 1 aromatic carbocycles. The first-order chi connectivity index (χ1) is 9.60. The van der Waals surface area contributed by atoms with Gasteiger partial charge in [-0.25, -0.2) is 4.39 Å². The van der Waals surface area contributed by atoms with E-state index in [9.17, 15) is 14.5 Å². The van der Waals surface area contributed by atoms with Crippen molar-refractivity contribution in [3.05, 3.63) is 39.1 Å².